The molecule has 1 heterocycles. The largest absolute Gasteiger partial charge is 0.456 e. The van der Waals surface area contributed by atoms with Gasteiger partial charge in [-0.05, 0) is 115 Å². The molecule has 3 aliphatic rings. The first-order chi connectivity index (χ1) is 29.5. The lowest BCUT2D eigenvalue weighted by Crippen LogP contribution is -2.26. The summed E-state index contributed by atoms with van der Waals surface area (Å²) in [4.78, 5) is 2.53. The van der Waals surface area contributed by atoms with Crippen molar-refractivity contribution in [1.29, 1.82) is 0 Å². The van der Waals surface area contributed by atoms with Crippen LogP contribution in [0.5, 0.6) is 0 Å². The summed E-state index contributed by atoms with van der Waals surface area (Å²) in [5, 5.41) is 2.22. The van der Waals surface area contributed by atoms with Crippen LogP contribution in [0.2, 0.25) is 0 Å². The lowest BCUT2D eigenvalue weighted by molar-refractivity contribution is 0.662. The fourth-order valence-electron chi connectivity index (χ4n) is 11.5. The molecule has 2 heteroatoms. The monoisotopic (exact) mass is 765 g/mol. The molecular weight excluding hydrogens is 727 g/mol. The molecule has 2 nitrogen and oxygen atoms in total. The first-order valence-electron chi connectivity index (χ1n) is 21.0. The third kappa shape index (κ3) is 4.27. The van der Waals surface area contributed by atoms with Crippen LogP contribution < -0.4 is 4.90 Å². The molecular formula is C58H39NO. The molecule has 0 amide bonds. The van der Waals surface area contributed by atoms with Crippen LogP contribution in [0.25, 0.3) is 66.4 Å². The van der Waals surface area contributed by atoms with E-state index in [1.165, 1.54) is 77.9 Å². The zero-order valence-electron chi connectivity index (χ0n) is 33.4. The summed E-state index contributed by atoms with van der Waals surface area (Å²) in [5.74, 6) is 0. The Morgan fingerprint density at radius 2 is 0.933 bits per heavy atom. The average molecular weight is 766 g/mol. The molecule has 0 radical (unpaired) electrons. The van der Waals surface area contributed by atoms with E-state index in [1.807, 2.05) is 6.07 Å². The van der Waals surface area contributed by atoms with Gasteiger partial charge in [0.25, 0.3) is 0 Å². The van der Waals surface area contributed by atoms with Gasteiger partial charge < -0.3 is 9.32 Å². The van der Waals surface area contributed by atoms with Gasteiger partial charge in [0, 0.05) is 33.1 Å². The van der Waals surface area contributed by atoms with Gasteiger partial charge in [-0.25, -0.2) is 0 Å². The number of hydrogen-bond acceptors (Lipinski definition) is 2. The molecule has 60 heavy (non-hydrogen) atoms. The summed E-state index contributed by atoms with van der Waals surface area (Å²) in [5.41, 5.74) is 22.8. The maximum absolute atomic E-state index is 6.43. The molecule has 0 unspecified atom stereocenters. The second-order valence-corrected chi connectivity index (χ2v) is 17.2. The molecule has 0 fully saturated rings. The molecule has 3 aliphatic carbocycles. The summed E-state index contributed by atoms with van der Waals surface area (Å²) >= 11 is 0. The van der Waals surface area contributed by atoms with E-state index in [0.29, 0.717) is 0 Å². The standard InChI is InChI=1S/C58H39NO/c1-57(2)47-24-11-6-21-41(47)46-35-38(34-44(56(46)57)36-17-4-3-5-18-36)59(37-31-32-54-45(33-37)42-22-10-15-30-53(42)60-54)52-29-16-28-51-55(52)43-23-9-14-27-50(43)58(51)48-25-12-7-19-39(48)40-20-8-13-26-49(40)58/h3-35H,1-2H3. The summed E-state index contributed by atoms with van der Waals surface area (Å²) in [6.07, 6.45) is 0. The number of furan rings is 1. The van der Waals surface area contributed by atoms with Crippen LogP contribution in [0.15, 0.2) is 205 Å². The Hall–Kier alpha value is -7.42. The van der Waals surface area contributed by atoms with E-state index < -0.39 is 5.41 Å². The Morgan fingerprint density at radius 1 is 0.383 bits per heavy atom. The molecule has 1 aromatic heterocycles. The highest BCUT2D eigenvalue weighted by Crippen LogP contribution is 2.65. The topological polar surface area (TPSA) is 16.4 Å². The van der Waals surface area contributed by atoms with Crippen molar-refractivity contribution in [3.63, 3.8) is 0 Å². The van der Waals surface area contributed by atoms with Crippen LogP contribution >= 0.6 is 0 Å². The second-order valence-electron chi connectivity index (χ2n) is 17.2. The number of anilines is 3. The van der Waals surface area contributed by atoms with Crippen molar-refractivity contribution in [2.45, 2.75) is 24.7 Å². The average Bonchev–Trinajstić information content (AvgIpc) is 3.99. The fourth-order valence-corrected chi connectivity index (χ4v) is 11.5. The smallest absolute Gasteiger partial charge is 0.135 e. The Bertz CT molecular complexity index is 3380. The third-order valence-corrected chi connectivity index (χ3v) is 13.8. The van der Waals surface area contributed by atoms with Gasteiger partial charge in [-0.15, -0.1) is 0 Å². The number of nitrogens with zero attached hydrogens (tertiary/aromatic N) is 1. The third-order valence-electron chi connectivity index (χ3n) is 13.8. The summed E-state index contributed by atoms with van der Waals surface area (Å²) in [6.45, 7) is 4.77. The van der Waals surface area contributed by atoms with E-state index >= 15 is 0 Å². The molecule has 10 aromatic rings. The second kappa shape index (κ2) is 12.1. The fraction of sp³-hybridized carbons (Fsp3) is 0.0690. The van der Waals surface area contributed by atoms with Crippen LogP contribution in [-0.2, 0) is 10.8 Å². The summed E-state index contributed by atoms with van der Waals surface area (Å²) < 4.78 is 6.43. The van der Waals surface area contributed by atoms with Gasteiger partial charge in [0.15, 0.2) is 0 Å². The molecule has 9 aromatic carbocycles. The van der Waals surface area contributed by atoms with Crippen LogP contribution in [0.3, 0.4) is 0 Å². The van der Waals surface area contributed by atoms with E-state index in [2.05, 4.69) is 213 Å². The van der Waals surface area contributed by atoms with Gasteiger partial charge in [0.2, 0.25) is 0 Å². The van der Waals surface area contributed by atoms with E-state index in [1.54, 1.807) is 0 Å². The molecule has 1 spiro atoms. The Morgan fingerprint density at radius 3 is 1.67 bits per heavy atom. The molecule has 0 bridgehead atoms. The molecule has 282 valence electrons. The van der Waals surface area contributed by atoms with E-state index in [-0.39, 0.29) is 5.41 Å². The number of benzene rings is 9. The van der Waals surface area contributed by atoms with Crippen molar-refractivity contribution < 1.29 is 4.42 Å². The van der Waals surface area contributed by atoms with E-state index in [0.717, 1.165) is 39.0 Å². The molecule has 0 saturated carbocycles. The van der Waals surface area contributed by atoms with Crippen molar-refractivity contribution >= 4 is 39.0 Å². The molecule has 0 aliphatic heterocycles. The van der Waals surface area contributed by atoms with Crippen molar-refractivity contribution in [1.82, 2.24) is 0 Å². The molecule has 0 saturated heterocycles. The predicted octanol–water partition coefficient (Wildman–Crippen LogP) is 15.4. The van der Waals surface area contributed by atoms with Crippen LogP contribution in [0, 0.1) is 0 Å². The number of hydrogen-bond donors (Lipinski definition) is 0. The normalized spacial score (nSPS) is 14.4. The number of fused-ring (bicyclic) bond motifs is 16. The van der Waals surface area contributed by atoms with Crippen LogP contribution in [0.1, 0.15) is 47.2 Å². The highest BCUT2D eigenvalue weighted by atomic mass is 16.3. The van der Waals surface area contributed by atoms with Gasteiger partial charge in [0.05, 0.1) is 11.1 Å². The minimum Gasteiger partial charge on any atom is -0.456 e. The maximum Gasteiger partial charge on any atom is 0.135 e. The Balaban J connectivity index is 1.16. The highest BCUT2D eigenvalue weighted by molar-refractivity contribution is 6.08. The van der Waals surface area contributed by atoms with Gasteiger partial charge in [-0.1, -0.05) is 172 Å². The lowest BCUT2D eigenvalue weighted by atomic mass is 9.70. The summed E-state index contributed by atoms with van der Waals surface area (Å²) in [7, 11) is 0. The number of rotatable bonds is 4. The molecule has 0 N–H and O–H groups in total. The zero-order valence-corrected chi connectivity index (χ0v) is 33.4. The first-order valence-corrected chi connectivity index (χ1v) is 21.0. The Labute approximate surface area is 349 Å². The van der Waals surface area contributed by atoms with E-state index in [4.69, 9.17) is 4.42 Å². The van der Waals surface area contributed by atoms with Crippen molar-refractivity contribution in [3.8, 4) is 44.5 Å². The van der Waals surface area contributed by atoms with Gasteiger partial charge in [0.1, 0.15) is 11.2 Å². The van der Waals surface area contributed by atoms with Crippen LogP contribution in [-0.4, -0.2) is 0 Å². The predicted molar refractivity (Wildman–Crippen MR) is 248 cm³/mol. The minimum atomic E-state index is -0.457. The lowest BCUT2D eigenvalue weighted by Gasteiger charge is -2.32. The minimum absolute atomic E-state index is 0.183. The van der Waals surface area contributed by atoms with Gasteiger partial charge >= 0.3 is 0 Å². The number of para-hydroxylation sites is 1. The Kier molecular flexibility index (Phi) is 6.74. The van der Waals surface area contributed by atoms with Crippen molar-refractivity contribution in [2.24, 2.45) is 0 Å². The molecule has 0 atom stereocenters. The quantitative estimate of drug-likeness (QED) is 0.177. The highest BCUT2D eigenvalue weighted by Gasteiger charge is 2.52. The van der Waals surface area contributed by atoms with Crippen molar-refractivity contribution in [2.75, 3.05) is 4.90 Å². The van der Waals surface area contributed by atoms with Crippen molar-refractivity contribution in [3.05, 3.63) is 234 Å². The van der Waals surface area contributed by atoms with E-state index in [9.17, 15) is 0 Å². The SMILES string of the molecule is CC1(C)c2ccccc2-c2cc(N(c3ccc4oc5ccccc5c4c3)c3cccc4c3-c3ccccc3C43c4ccccc4-c4ccccc43)cc(-c3ccccc3)c21. The van der Waals surface area contributed by atoms with Gasteiger partial charge in [-0.3, -0.25) is 0 Å². The zero-order chi connectivity index (χ0) is 39.7. The summed E-state index contributed by atoms with van der Waals surface area (Å²) in [6, 6.07) is 74.3. The van der Waals surface area contributed by atoms with Crippen LogP contribution in [0.4, 0.5) is 17.1 Å². The van der Waals surface area contributed by atoms with Gasteiger partial charge in [-0.2, -0.15) is 0 Å². The maximum atomic E-state index is 6.43. The first kappa shape index (κ1) is 33.5. The molecule has 13 rings (SSSR count).